The lowest BCUT2D eigenvalue weighted by Crippen LogP contribution is -1.91. The normalized spacial score (nSPS) is 11.1. The Labute approximate surface area is 129 Å². The predicted molar refractivity (Wildman–Crippen MR) is 91.7 cm³/mol. The molecule has 114 valence electrons. The largest absolute Gasteiger partial charge is 0.360 e. The van der Waals surface area contributed by atoms with E-state index in [1.807, 2.05) is 12.1 Å². The standard InChI is InChI=1S/C20H29O/c1-3-4-5-6-7-8-9-10-13-18-16-19-14-11-12-15-20(19)21-17(18)2/h11-12,14-16H,3-10,13H2,1-2H3/q+1. The maximum absolute atomic E-state index is 5.92. The Balaban J connectivity index is 1.74. The molecule has 0 bridgehead atoms. The van der Waals surface area contributed by atoms with Crippen LogP contribution < -0.4 is 0 Å². The summed E-state index contributed by atoms with van der Waals surface area (Å²) >= 11 is 0. The fourth-order valence-electron chi connectivity index (χ4n) is 2.91. The lowest BCUT2D eigenvalue weighted by atomic mass is 10.0. The highest BCUT2D eigenvalue weighted by atomic mass is 16.3. The number of hydrogen-bond donors (Lipinski definition) is 0. The van der Waals surface area contributed by atoms with Crippen LogP contribution in [0.15, 0.2) is 34.7 Å². The third-order valence-electron chi connectivity index (χ3n) is 4.26. The number of para-hydroxylation sites is 1. The molecule has 0 aliphatic carbocycles. The zero-order chi connectivity index (χ0) is 14.9. The van der Waals surface area contributed by atoms with E-state index in [-0.39, 0.29) is 0 Å². The number of benzene rings is 1. The van der Waals surface area contributed by atoms with Crippen molar-refractivity contribution in [1.82, 2.24) is 0 Å². The molecule has 0 saturated carbocycles. The van der Waals surface area contributed by atoms with Gasteiger partial charge in [-0.3, -0.25) is 0 Å². The van der Waals surface area contributed by atoms with Gasteiger partial charge in [0.05, 0.1) is 17.9 Å². The highest BCUT2D eigenvalue weighted by molar-refractivity contribution is 5.77. The second-order valence-corrected chi connectivity index (χ2v) is 6.09. The maximum atomic E-state index is 5.92. The van der Waals surface area contributed by atoms with Crippen LogP contribution in [0.3, 0.4) is 0 Å². The van der Waals surface area contributed by atoms with Gasteiger partial charge in [-0.1, -0.05) is 64.0 Å². The summed E-state index contributed by atoms with van der Waals surface area (Å²) in [6.07, 6.45) is 12.1. The van der Waals surface area contributed by atoms with Gasteiger partial charge in [0.15, 0.2) is 0 Å². The van der Waals surface area contributed by atoms with Gasteiger partial charge in [-0.25, -0.2) is 4.42 Å². The Morgan fingerprint density at radius 2 is 1.52 bits per heavy atom. The fourth-order valence-corrected chi connectivity index (χ4v) is 2.91. The van der Waals surface area contributed by atoms with E-state index in [0.29, 0.717) is 0 Å². The molecule has 0 atom stereocenters. The third kappa shape index (κ3) is 5.15. The summed E-state index contributed by atoms with van der Waals surface area (Å²) in [6, 6.07) is 10.6. The second kappa shape index (κ2) is 8.81. The Morgan fingerprint density at radius 3 is 2.29 bits per heavy atom. The smallest absolute Gasteiger partial charge is 0.212 e. The van der Waals surface area contributed by atoms with Crippen LogP contribution in [-0.2, 0) is 6.42 Å². The van der Waals surface area contributed by atoms with Crippen molar-refractivity contribution >= 4 is 11.0 Å². The first-order valence-electron chi connectivity index (χ1n) is 8.62. The van der Waals surface area contributed by atoms with E-state index in [1.165, 1.54) is 62.3 Å². The van der Waals surface area contributed by atoms with Crippen molar-refractivity contribution in [2.75, 3.05) is 0 Å². The van der Waals surface area contributed by atoms with Crippen LogP contribution in [0.4, 0.5) is 0 Å². The van der Waals surface area contributed by atoms with Crippen LogP contribution in [0.25, 0.3) is 11.0 Å². The van der Waals surface area contributed by atoms with Gasteiger partial charge in [0, 0.05) is 6.07 Å². The van der Waals surface area contributed by atoms with Crippen LogP contribution in [0.1, 0.15) is 69.6 Å². The molecule has 0 spiro atoms. The topological polar surface area (TPSA) is 11.3 Å². The van der Waals surface area contributed by atoms with Crippen molar-refractivity contribution in [3.05, 3.63) is 41.7 Å². The number of fused-ring (bicyclic) bond motifs is 1. The van der Waals surface area contributed by atoms with E-state index in [2.05, 4.69) is 32.0 Å². The molecule has 0 N–H and O–H groups in total. The van der Waals surface area contributed by atoms with E-state index in [1.54, 1.807) is 0 Å². The average molecular weight is 285 g/mol. The Kier molecular flexibility index (Phi) is 6.72. The molecule has 2 rings (SSSR count). The molecule has 0 aliphatic heterocycles. The quantitative estimate of drug-likeness (QED) is 0.368. The molecule has 0 fully saturated rings. The van der Waals surface area contributed by atoms with Crippen LogP contribution >= 0.6 is 0 Å². The van der Waals surface area contributed by atoms with E-state index in [4.69, 9.17) is 4.42 Å². The second-order valence-electron chi connectivity index (χ2n) is 6.09. The van der Waals surface area contributed by atoms with Gasteiger partial charge in [-0.15, -0.1) is 0 Å². The first kappa shape index (κ1) is 16.0. The minimum atomic E-state index is 0.995. The number of unbranched alkanes of at least 4 members (excludes halogenated alkanes) is 7. The molecule has 2 aromatic rings. The van der Waals surface area contributed by atoms with Gasteiger partial charge in [0.1, 0.15) is 0 Å². The highest BCUT2D eigenvalue weighted by Crippen LogP contribution is 2.21. The first-order chi connectivity index (χ1) is 10.3. The van der Waals surface area contributed by atoms with Gasteiger partial charge in [-0.05, 0) is 25.0 Å². The molecular formula is C20H29O+. The van der Waals surface area contributed by atoms with Crippen molar-refractivity contribution in [2.24, 2.45) is 0 Å². The summed E-state index contributed by atoms with van der Waals surface area (Å²) in [5.41, 5.74) is 2.37. The van der Waals surface area contributed by atoms with E-state index in [9.17, 15) is 0 Å². The van der Waals surface area contributed by atoms with Gasteiger partial charge in [-0.2, -0.15) is 0 Å². The van der Waals surface area contributed by atoms with E-state index < -0.39 is 0 Å². The summed E-state index contributed by atoms with van der Waals surface area (Å²) in [7, 11) is 0. The Bertz CT molecular complexity index is 545. The zero-order valence-electron chi connectivity index (χ0n) is 13.7. The minimum absolute atomic E-state index is 0.995. The number of hydrogen-bond acceptors (Lipinski definition) is 0. The Morgan fingerprint density at radius 1 is 0.857 bits per heavy atom. The van der Waals surface area contributed by atoms with Gasteiger partial charge in [0.25, 0.3) is 0 Å². The van der Waals surface area contributed by atoms with Crippen LogP contribution in [0, 0.1) is 6.92 Å². The summed E-state index contributed by atoms with van der Waals surface area (Å²) < 4.78 is 5.92. The average Bonchev–Trinajstić information content (AvgIpc) is 2.50. The number of aryl methyl sites for hydroxylation is 2. The Hall–Kier alpha value is -1.37. The van der Waals surface area contributed by atoms with Crippen molar-refractivity contribution in [1.29, 1.82) is 0 Å². The number of rotatable bonds is 9. The monoisotopic (exact) mass is 285 g/mol. The molecule has 1 nitrogen and oxygen atoms in total. The van der Waals surface area contributed by atoms with Crippen LogP contribution in [0.2, 0.25) is 0 Å². The van der Waals surface area contributed by atoms with Crippen molar-refractivity contribution in [3.63, 3.8) is 0 Å². The maximum Gasteiger partial charge on any atom is 0.360 e. The molecular weight excluding hydrogens is 256 g/mol. The highest BCUT2D eigenvalue weighted by Gasteiger charge is 2.13. The molecule has 1 heterocycles. The first-order valence-corrected chi connectivity index (χ1v) is 8.62. The van der Waals surface area contributed by atoms with Gasteiger partial charge in [0.2, 0.25) is 0 Å². The van der Waals surface area contributed by atoms with E-state index in [0.717, 1.165) is 17.8 Å². The summed E-state index contributed by atoms with van der Waals surface area (Å²) in [5, 5.41) is 1.22. The lowest BCUT2D eigenvalue weighted by molar-refractivity contribution is 0.544. The summed E-state index contributed by atoms with van der Waals surface area (Å²) in [4.78, 5) is 0. The molecule has 1 aromatic carbocycles. The molecule has 21 heavy (non-hydrogen) atoms. The molecule has 0 saturated heterocycles. The fraction of sp³-hybridized carbons (Fsp3) is 0.550. The molecule has 0 radical (unpaired) electrons. The molecule has 0 aliphatic rings. The van der Waals surface area contributed by atoms with Crippen molar-refractivity contribution in [2.45, 2.75) is 71.6 Å². The molecule has 1 heteroatoms. The van der Waals surface area contributed by atoms with Gasteiger partial charge < -0.3 is 0 Å². The van der Waals surface area contributed by atoms with Crippen LogP contribution in [0.5, 0.6) is 0 Å². The molecule has 1 aromatic heterocycles. The minimum Gasteiger partial charge on any atom is -0.212 e. The SMILES string of the molecule is CCCCCCCCCCc1cc2ccccc2[o+]c1C. The van der Waals surface area contributed by atoms with Gasteiger partial charge >= 0.3 is 11.3 Å². The summed E-state index contributed by atoms with van der Waals surface area (Å²) in [5.74, 6) is 1.08. The van der Waals surface area contributed by atoms with Crippen molar-refractivity contribution < 1.29 is 4.42 Å². The zero-order valence-corrected chi connectivity index (χ0v) is 13.7. The molecule has 0 unspecified atom stereocenters. The van der Waals surface area contributed by atoms with E-state index >= 15 is 0 Å². The lowest BCUT2D eigenvalue weighted by Gasteiger charge is -2.02. The van der Waals surface area contributed by atoms with Crippen LogP contribution in [-0.4, -0.2) is 0 Å². The summed E-state index contributed by atoms with van der Waals surface area (Å²) in [6.45, 7) is 4.36. The predicted octanol–water partition coefficient (Wildman–Crippen LogP) is 6.71. The third-order valence-corrected chi connectivity index (χ3v) is 4.26. The van der Waals surface area contributed by atoms with Crippen molar-refractivity contribution in [3.8, 4) is 0 Å². The molecule has 0 amide bonds.